The number of thioether (sulfide) groups is 1. The van der Waals surface area contributed by atoms with E-state index < -0.39 is 0 Å². The van der Waals surface area contributed by atoms with E-state index in [0.29, 0.717) is 5.75 Å². The Labute approximate surface area is 116 Å². The number of benzene rings is 2. The van der Waals surface area contributed by atoms with Gasteiger partial charge in [0, 0.05) is 10.5 Å². The highest BCUT2D eigenvalue weighted by Crippen LogP contribution is 2.19. The molecule has 0 heterocycles. The third kappa shape index (κ3) is 3.93. The monoisotopic (exact) mass is 274 g/mol. The second-order valence-corrected chi connectivity index (χ2v) is 5.27. The molecule has 0 amide bonds. The minimum Gasteiger partial charge on any atom is -0.293 e. The van der Waals surface area contributed by atoms with Gasteiger partial charge in [-0.15, -0.1) is 11.8 Å². The molecule has 0 spiro atoms. The molecule has 0 aliphatic heterocycles. The number of halogens is 1. The number of hydrogen-bond donors (Lipinski definition) is 0. The Bertz CT molecular complexity index is 546. The first-order valence-corrected chi connectivity index (χ1v) is 7.18. The van der Waals surface area contributed by atoms with Crippen LogP contribution >= 0.6 is 11.8 Å². The van der Waals surface area contributed by atoms with Gasteiger partial charge in [0.1, 0.15) is 5.82 Å². The zero-order chi connectivity index (χ0) is 13.7. The van der Waals surface area contributed by atoms with Crippen molar-refractivity contribution in [2.45, 2.75) is 18.2 Å². The fourth-order valence-electron chi connectivity index (χ4n) is 1.69. The standard InChI is InChI=1S/C16H15FOS/c1-2-12-3-5-13(6-4-12)16(18)11-19-15-9-7-14(17)8-10-15/h3-10H,2,11H2,1H3. The van der Waals surface area contributed by atoms with Crippen molar-refractivity contribution < 1.29 is 9.18 Å². The molecule has 3 heteroatoms. The summed E-state index contributed by atoms with van der Waals surface area (Å²) in [6, 6.07) is 13.9. The Hall–Kier alpha value is -1.61. The summed E-state index contributed by atoms with van der Waals surface area (Å²) in [5.74, 6) is 0.208. The minimum absolute atomic E-state index is 0.0944. The fraction of sp³-hybridized carbons (Fsp3) is 0.188. The average molecular weight is 274 g/mol. The lowest BCUT2D eigenvalue weighted by Crippen LogP contribution is -2.02. The Morgan fingerprint density at radius 2 is 1.68 bits per heavy atom. The van der Waals surface area contributed by atoms with Crippen LogP contribution in [0.1, 0.15) is 22.8 Å². The van der Waals surface area contributed by atoms with Crippen molar-refractivity contribution in [3.63, 3.8) is 0 Å². The van der Waals surface area contributed by atoms with Crippen LogP contribution in [-0.2, 0) is 6.42 Å². The van der Waals surface area contributed by atoms with Crippen LogP contribution < -0.4 is 0 Å². The van der Waals surface area contributed by atoms with Gasteiger partial charge in [0.25, 0.3) is 0 Å². The van der Waals surface area contributed by atoms with E-state index in [9.17, 15) is 9.18 Å². The third-order valence-corrected chi connectivity index (χ3v) is 3.88. The van der Waals surface area contributed by atoms with Gasteiger partial charge in [0.2, 0.25) is 0 Å². The highest BCUT2D eigenvalue weighted by molar-refractivity contribution is 8.00. The molecule has 0 fully saturated rings. The van der Waals surface area contributed by atoms with Crippen LogP contribution in [0.25, 0.3) is 0 Å². The van der Waals surface area contributed by atoms with Crippen LogP contribution in [-0.4, -0.2) is 11.5 Å². The summed E-state index contributed by atoms with van der Waals surface area (Å²) < 4.78 is 12.7. The van der Waals surface area contributed by atoms with E-state index in [0.717, 1.165) is 16.9 Å². The molecule has 2 aromatic rings. The molecular formula is C16H15FOS. The van der Waals surface area contributed by atoms with Crippen molar-refractivity contribution in [1.82, 2.24) is 0 Å². The maximum Gasteiger partial charge on any atom is 0.173 e. The molecule has 2 aromatic carbocycles. The molecule has 2 rings (SSSR count). The molecule has 0 aliphatic carbocycles. The molecule has 0 saturated carbocycles. The molecule has 98 valence electrons. The number of carbonyl (C=O) groups excluding carboxylic acids is 1. The number of hydrogen-bond acceptors (Lipinski definition) is 2. The zero-order valence-electron chi connectivity index (χ0n) is 10.7. The summed E-state index contributed by atoms with van der Waals surface area (Å²) in [4.78, 5) is 12.9. The summed E-state index contributed by atoms with van der Waals surface area (Å²) in [6.45, 7) is 2.08. The van der Waals surface area contributed by atoms with Gasteiger partial charge < -0.3 is 0 Å². The molecule has 0 atom stereocenters. The van der Waals surface area contributed by atoms with Crippen LogP contribution in [0.4, 0.5) is 4.39 Å². The van der Waals surface area contributed by atoms with Crippen LogP contribution in [0.5, 0.6) is 0 Å². The molecule has 1 nitrogen and oxygen atoms in total. The Morgan fingerprint density at radius 3 is 2.26 bits per heavy atom. The molecular weight excluding hydrogens is 259 g/mol. The fourth-order valence-corrected chi connectivity index (χ4v) is 2.48. The van der Waals surface area contributed by atoms with Crippen molar-refractivity contribution in [3.05, 3.63) is 65.5 Å². The topological polar surface area (TPSA) is 17.1 Å². The zero-order valence-corrected chi connectivity index (χ0v) is 11.5. The highest BCUT2D eigenvalue weighted by atomic mass is 32.2. The second kappa shape index (κ2) is 6.53. The van der Waals surface area contributed by atoms with Crippen molar-refractivity contribution in [2.75, 3.05) is 5.75 Å². The van der Waals surface area contributed by atoms with Gasteiger partial charge in [-0.05, 0) is 36.2 Å². The van der Waals surface area contributed by atoms with Crippen molar-refractivity contribution in [2.24, 2.45) is 0 Å². The normalized spacial score (nSPS) is 10.4. The molecule has 0 aromatic heterocycles. The minimum atomic E-state index is -0.258. The van der Waals surface area contributed by atoms with Crippen molar-refractivity contribution in [3.8, 4) is 0 Å². The van der Waals surface area contributed by atoms with Gasteiger partial charge in [-0.1, -0.05) is 31.2 Å². The maximum absolute atomic E-state index is 12.7. The van der Waals surface area contributed by atoms with Gasteiger partial charge in [-0.2, -0.15) is 0 Å². The summed E-state index contributed by atoms with van der Waals surface area (Å²) in [5, 5.41) is 0. The van der Waals surface area contributed by atoms with E-state index in [1.165, 1.54) is 29.5 Å². The largest absolute Gasteiger partial charge is 0.293 e. The predicted octanol–water partition coefficient (Wildman–Crippen LogP) is 4.36. The van der Waals surface area contributed by atoms with Gasteiger partial charge in [-0.3, -0.25) is 4.79 Å². The smallest absolute Gasteiger partial charge is 0.173 e. The molecule has 0 radical (unpaired) electrons. The summed E-state index contributed by atoms with van der Waals surface area (Å²) in [7, 11) is 0. The summed E-state index contributed by atoms with van der Waals surface area (Å²) in [5.41, 5.74) is 1.95. The van der Waals surface area contributed by atoms with Gasteiger partial charge in [0.15, 0.2) is 5.78 Å². The third-order valence-electron chi connectivity index (χ3n) is 2.87. The number of rotatable bonds is 5. The van der Waals surface area contributed by atoms with Crippen LogP contribution in [0.15, 0.2) is 53.4 Å². The second-order valence-electron chi connectivity index (χ2n) is 4.22. The number of aryl methyl sites for hydroxylation is 1. The van der Waals surface area contributed by atoms with Crippen molar-refractivity contribution >= 4 is 17.5 Å². The molecule has 0 bridgehead atoms. The van der Waals surface area contributed by atoms with E-state index in [1.54, 1.807) is 12.1 Å². The maximum atomic E-state index is 12.7. The van der Waals surface area contributed by atoms with E-state index in [1.807, 2.05) is 24.3 Å². The number of Topliss-reactive ketones (excluding diaryl/α,β-unsaturated/α-hetero) is 1. The summed E-state index contributed by atoms with van der Waals surface area (Å²) in [6.07, 6.45) is 0.971. The molecule has 0 unspecified atom stereocenters. The first-order valence-electron chi connectivity index (χ1n) is 6.19. The lowest BCUT2D eigenvalue weighted by molar-refractivity contribution is 0.102. The predicted molar refractivity (Wildman–Crippen MR) is 77.3 cm³/mol. The molecule has 0 saturated heterocycles. The molecule has 0 N–H and O–H groups in total. The van der Waals surface area contributed by atoms with E-state index in [2.05, 4.69) is 6.92 Å². The summed E-state index contributed by atoms with van der Waals surface area (Å²) >= 11 is 1.43. The van der Waals surface area contributed by atoms with E-state index in [-0.39, 0.29) is 11.6 Å². The van der Waals surface area contributed by atoms with Crippen LogP contribution in [0, 0.1) is 5.82 Å². The number of ketones is 1. The van der Waals surface area contributed by atoms with Gasteiger partial charge >= 0.3 is 0 Å². The SMILES string of the molecule is CCc1ccc(C(=O)CSc2ccc(F)cc2)cc1. The van der Waals surface area contributed by atoms with Gasteiger partial charge in [-0.25, -0.2) is 4.39 Å². The van der Waals surface area contributed by atoms with Crippen LogP contribution in [0.3, 0.4) is 0 Å². The lowest BCUT2D eigenvalue weighted by Gasteiger charge is -2.03. The Kier molecular flexibility index (Phi) is 4.74. The highest BCUT2D eigenvalue weighted by Gasteiger charge is 2.06. The first-order chi connectivity index (χ1) is 9.19. The lowest BCUT2D eigenvalue weighted by atomic mass is 10.1. The average Bonchev–Trinajstić information content (AvgIpc) is 2.46. The quantitative estimate of drug-likeness (QED) is 0.595. The van der Waals surface area contributed by atoms with Crippen molar-refractivity contribution in [1.29, 1.82) is 0 Å². The Morgan fingerprint density at radius 1 is 1.05 bits per heavy atom. The van der Waals surface area contributed by atoms with E-state index >= 15 is 0 Å². The van der Waals surface area contributed by atoms with Gasteiger partial charge in [0.05, 0.1) is 5.75 Å². The van der Waals surface area contributed by atoms with Crippen LogP contribution in [0.2, 0.25) is 0 Å². The molecule has 0 aliphatic rings. The Balaban J connectivity index is 1.95. The van der Waals surface area contributed by atoms with E-state index in [4.69, 9.17) is 0 Å². The molecule has 19 heavy (non-hydrogen) atoms. The number of carbonyl (C=O) groups is 1. The first kappa shape index (κ1) is 13.8.